The number of carbonyl (C=O) groups is 1. The summed E-state index contributed by atoms with van der Waals surface area (Å²) in [6, 6.07) is 0.0388. The van der Waals surface area contributed by atoms with E-state index in [0.717, 1.165) is 0 Å². The van der Waals surface area contributed by atoms with Crippen molar-refractivity contribution in [3.63, 3.8) is 0 Å². The van der Waals surface area contributed by atoms with Crippen molar-refractivity contribution in [2.45, 2.75) is 20.3 Å². The molecule has 0 fully saturated rings. The predicted octanol–water partition coefficient (Wildman–Crippen LogP) is 2.38. The third-order valence-corrected chi connectivity index (χ3v) is 2.85. The van der Waals surface area contributed by atoms with Crippen molar-refractivity contribution in [3.8, 4) is 0 Å². The monoisotopic (exact) mass is 293 g/mol. The zero-order valence-corrected chi connectivity index (χ0v) is 11.1. The minimum atomic E-state index is -1.73. The van der Waals surface area contributed by atoms with Gasteiger partial charge >= 0.3 is 0 Å². The number of halogens is 4. The number of aliphatic hydroxyl groups is 1. The Kier molecular flexibility index (Phi) is 5.10. The van der Waals surface area contributed by atoms with Crippen LogP contribution in [0.15, 0.2) is 6.07 Å². The van der Waals surface area contributed by atoms with Gasteiger partial charge in [0.15, 0.2) is 23.3 Å². The first-order valence-corrected chi connectivity index (χ1v) is 5.91. The Bertz CT molecular complexity index is 491. The van der Waals surface area contributed by atoms with Crippen LogP contribution in [0.2, 0.25) is 0 Å². The zero-order chi connectivity index (χ0) is 15.5. The summed E-state index contributed by atoms with van der Waals surface area (Å²) in [5, 5.41) is 11.0. The number of hydrogen-bond acceptors (Lipinski definition) is 2. The second-order valence-corrected chi connectivity index (χ2v) is 5.16. The number of aliphatic hydroxyl groups excluding tert-OH is 1. The normalized spacial score (nSPS) is 11.6. The fourth-order valence-corrected chi connectivity index (χ4v) is 1.57. The van der Waals surface area contributed by atoms with Crippen LogP contribution in [0.3, 0.4) is 0 Å². The summed E-state index contributed by atoms with van der Waals surface area (Å²) < 4.78 is 52.7. The lowest BCUT2D eigenvalue weighted by atomic mass is 9.89. The lowest BCUT2D eigenvalue weighted by Crippen LogP contribution is -2.35. The second-order valence-electron chi connectivity index (χ2n) is 5.16. The van der Waals surface area contributed by atoms with Gasteiger partial charge in [-0.3, -0.25) is 4.79 Å². The van der Waals surface area contributed by atoms with E-state index in [2.05, 4.69) is 5.32 Å². The number of amides is 1. The van der Waals surface area contributed by atoms with Crippen LogP contribution in [0, 0.1) is 28.7 Å². The highest BCUT2D eigenvalue weighted by molar-refractivity contribution is 5.94. The molecular weight excluding hydrogens is 278 g/mol. The van der Waals surface area contributed by atoms with E-state index in [9.17, 15) is 22.4 Å². The molecule has 3 nitrogen and oxygen atoms in total. The van der Waals surface area contributed by atoms with Crippen LogP contribution < -0.4 is 5.32 Å². The van der Waals surface area contributed by atoms with Gasteiger partial charge in [-0.1, -0.05) is 13.8 Å². The molecule has 0 unspecified atom stereocenters. The Morgan fingerprint density at radius 3 is 2.15 bits per heavy atom. The molecule has 1 amide bonds. The Morgan fingerprint density at radius 2 is 1.70 bits per heavy atom. The van der Waals surface area contributed by atoms with E-state index >= 15 is 0 Å². The molecule has 0 aliphatic rings. The minimum Gasteiger partial charge on any atom is -0.396 e. The van der Waals surface area contributed by atoms with Crippen molar-refractivity contribution in [2.24, 2.45) is 5.41 Å². The molecule has 0 saturated heterocycles. The van der Waals surface area contributed by atoms with Crippen LogP contribution in [0.4, 0.5) is 17.6 Å². The molecule has 0 bridgehead atoms. The largest absolute Gasteiger partial charge is 0.396 e. The van der Waals surface area contributed by atoms with Gasteiger partial charge in [0.2, 0.25) is 0 Å². The maximum atomic E-state index is 13.4. The summed E-state index contributed by atoms with van der Waals surface area (Å²) in [6.45, 7) is 3.29. The molecule has 7 heteroatoms. The first-order valence-electron chi connectivity index (χ1n) is 5.91. The summed E-state index contributed by atoms with van der Waals surface area (Å²) in [6.07, 6.45) is 0.343. The molecule has 1 rings (SSSR count). The highest BCUT2D eigenvalue weighted by atomic mass is 19.2. The molecule has 0 heterocycles. The first kappa shape index (κ1) is 16.4. The highest BCUT2D eigenvalue weighted by Crippen LogP contribution is 2.21. The molecule has 1 aromatic rings. The van der Waals surface area contributed by atoms with Crippen molar-refractivity contribution in [2.75, 3.05) is 13.2 Å². The molecule has 0 aromatic heterocycles. The maximum Gasteiger partial charge on any atom is 0.257 e. The quantitative estimate of drug-likeness (QED) is 0.647. The van der Waals surface area contributed by atoms with Crippen molar-refractivity contribution >= 4 is 5.91 Å². The molecule has 0 aliphatic carbocycles. The highest BCUT2D eigenvalue weighted by Gasteiger charge is 2.26. The molecule has 1 aromatic carbocycles. The zero-order valence-electron chi connectivity index (χ0n) is 11.1. The van der Waals surface area contributed by atoms with E-state index in [-0.39, 0.29) is 19.2 Å². The van der Waals surface area contributed by atoms with Gasteiger partial charge in [-0.25, -0.2) is 17.6 Å². The van der Waals surface area contributed by atoms with Gasteiger partial charge in [0, 0.05) is 19.2 Å². The van der Waals surface area contributed by atoms with Crippen LogP contribution in [-0.2, 0) is 0 Å². The smallest absolute Gasteiger partial charge is 0.257 e. The van der Waals surface area contributed by atoms with E-state index in [1.807, 2.05) is 0 Å². The molecular formula is C13H15F4NO2. The summed E-state index contributed by atoms with van der Waals surface area (Å²) in [7, 11) is 0. The Morgan fingerprint density at radius 1 is 1.20 bits per heavy atom. The average Bonchev–Trinajstić information content (AvgIpc) is 2.34. The van der Waals surface area contributed by atoms with Gasteiger partial charge < -0.3 is 10.4 Å². The second kappa shape index (κ2) is 6.21. The summed E-state index contributed by atoms with van der Waals surface area (Å²) in [5.74, 6) is -7.99. The van der Waals surface area contributed by atoms with E-state index in [0.29, 0.717) is 6.42 Å². The average molecular weight is 293 g/mol. The van der Waals surface area contributed by atoms with Crippen LogP contribution >= 0.6 is 0 Å². The van der Waals surface area contributed by atoms with E-state index < -0.39 is 40.2 Å². The van der Waals surface area contributed by atoms with Crippen molar-refractivity contribution < 1.29 is 27.5 Å². The number of carbonyl (C=O) groups excluding carboxylic acids is 1. The van der Waals surface area contributed by atoms with Crippen LogP contribution in [0.1, 0.15) is 30.6 Å². The SMILES string of the molecule is CC(C)(CCO)CNC(=O)c1c(F)c(F)cc(F)c1F. The van der Waals surface area contributed by atoms with E-state index in [1.54, 1.807) is 13.8 Å². The van der Waals surface area contributed by atoms with Gasteiger partial charge in [0.25, 0.3) is 5.91 Å². The van der Waals surface area contributed by atoms with Gasteiger partial charge in [0.05, 0.1) is 0 Å². The van der Waals surface area contributed by atoms with Crippen LogP contribution in [0.25, 0.3) is 0 Å². The Hall–Kier alpha value is -1.63. The number of rotatable bonds is 5. The fraction of sp³-hybridized carbons (Fsp3) is 0.462. The molecule has 0 aliphatic heterocycles. The molecule has 0 atom stereocenters. The maximum absolute atomic E-state index is 13.4. The topological polar surface area (TPSA) is 49.3 Å². The fourth-order valence-electron chi connectivity index (χ4n) is 1.57. The van der Waals surface area contributed by atoms with Crippen LogP contribution in [0.5, 0.6) is 0 Å². The lowest BCUT2D eigenvalue weighted by molar-refractivity contribution is 0.0917. The molecule has 0 saturated carbocycles. The number of nitrogens with one attached hydrogen (secondary N) is 1. The molecule has 20 heavy (non-hydrogen) atoms. The van der Waals surface area contributed by atoms with E-state index in [4.69, 9.17) is 5.11 Å². The standard InChI is InChI=1S/C13H15F4NO2/c1-13(2,3-4-19)6-18-12(20)9-10(16)7(14)5-8(15)11(9)17/h5,19H,3-4,6H2,1-2H3,(H,18,20). The Labute approximate surface area is 113 Å². The van der Waals surface area contributed by atoms with Crippen molar-refractivity contribution in [3.05, 3.63) is 34.9 Å². The van der Waals surface area contributed by atoms with Gasteiger partial charge in [-0.15, -0.1) is 0 Å². The minimum absolute atomic E-state index is 0.0105. The molecule has 2 N–H and O–H groups in total. The summed E-state index contributed by atoms with van der Waals surface area (Å²) in [4.78, 5) is 11.7. The van der Waals surface area contributed by atoms with Gasteiger partial charge in [0.1, 0.15) is 5.56 Å². The van der Waals surface area contributed by atoms with Crippen molar-refractivity contribution in [1.29, 1.82) is 0 Å². The first-order chi connectivity index (χ1) is 9.19. The molecule has 0 spiro atoms. The summed E-state index contributed by atoms with van der Waals surface area (Å²) >= 11 is 0. The lowest BCUT2D eigenvalue weighted by Gasteiger charge is -2.23. The van der Waals surface area contributed by atoms with Gasteiger partial charge in [-0.2, -0.15) is 0 Å². The predicted molar refractivity (Wildman–Crippen MR) is 64.1 cm³/mol. The van der Waals surface area contributed by atoms with Crippen molar-refractivity contribution in [1.82, 2.24) is 5.32 Å². The number of hydrogen-bond donors (Lipinski definition) is 2. The molecule has 112 valence electrons. The van der Waals surface area contributed by atoms with Gasteiger partial charge in [-0.05, 0) is 11.8 Å². The van der Waals surface area contributed by atoms with Crippen LogP contribution in [-0.4, -0.2) is 24.2 Å². The number of benzene rings is 1. The third kappa shape index (κ3) is 3.69. The summed E-state index contributed by atoms with van der Waals surface area (Å²) in [5.41, 5.74) is -1.81. The Balaban J connectivity index is 2.94. The third-order valence-electron chi connectivity index (χ3n) is 2.85. The van der Waals surface area contributed by atoms with E-state index in [1.165, 1.54) is 0 Å². The molecule has 0 radical (unpaired) electrons.